The molecule has 0 unspecified atom stereocenters. The van der Waals surface area contributed by atoms with Gasteiger partial charge in [0.05, 0.1) is 11.0 Å². The largest absolute Gasteiger partial charge is 0.309 e. The van der Waals surface area contributed by atoms with Crippen LogP contribution in [0.4, 0.5) is 0 Å². The van der Waals surface area contributed by atoms with E-state index in [-0.39, 0.29) is 0 Å². The molecule has 2 aromatic heterocycles. The fourth-order valence-corrected chi connectivity index (χ4v) is 6.73. The number of aromatic nitrogens is 4. The van der Waals surface area contributed by atoms with Crippen LogP contribution >= 0.6 is 0 Å². The van der Waals surface area contributed by atoms with E-state index in [0.29, 0.717) is 17.5 Å². The third-order valence-corrected chi connectivity index (χ3v) is 9.06. The van der Waals surface area contributed by atoms with Crippen LogP contribution < -0.4 is 0 Å². The molecule has 49 heavy (non-hydrogen) atoms. The van der Waals surface area contributed by atoms with Crippen molar-refractivity contribution in [3.8, 4) is 62.1 Å². The maximum absolute atomic E-state index is 5.07. The van der Waals surface area contributed by atoms with E-state index in [1.54, 1.807) is 0 Å². The van der Waals surface area contributed by atoms with Crippen molar-refractivity contribution in [1.82, 2.24) is 19.5 Å². The maximum Gasteiger partial charge on any atom is 0.164 e. The Kier molecular flexibility index (Phi) is 7.10. The molecule has 0 spiro atoms. The summed E-state index contributed by atoms with van der Waals surface area (Å²) < 4.78 is 2.35. The Balaban J connectivity index is 1.19. The summed E-state index contributed by atoms with van der Waals surface area (Å²) >= 11 is 0. The van der Waals surface area contributed by atoms with Gasteiger partial charge in [-0.05, 0) is 52.6 Å². The van der Waals surface area contributed by atoms with Crippen LogP contribution in [-0.2, 0) is 0 Å². The van der Waals surface area contributed by atoms with Crippen molar-refractivity contribution in [2.75, 3.05) is 0 Å². The Morgan fingerprint density at radius 1 is 0.327 bits per heavy atom. The smallest absolute Gasteiger partial charge is 0.164 e. The predicted octanol–water partition coefficient (Wildman–Crippen LogP) is 11.3. The van der Waals surface area contributed by atoms with Gasteiger partial charge in [0.15, 0.2) is 17.5 Å². The number of hydrogen-bond donors (Lipinski definition) is 0. The number of fused-ring (bicyclic) bond motifs is 3. The van der Waals surface area contributed by atoms with E-state index in [2.05, 4.69) is 150 Å². The van der Waals surface area contributed by atoms with Crippen molar-refractivity contribution in [2.24, 2.45) is 0 Å². The molecule has 4 heteroatoms. The molecule has 0 fully saturated rings. The Morgan fingerprint density at radius 2 is 0.796 bits per heavy atom. The number of hydrogen-bond acceptors (Lipinski definition) is 3. The molecule has 0 saturated heterocycles. The summed E-state index contributed by atoms with van der Waals surface area (Å²) in [6, 6.07) is 63.3. The van der Waals surface area contributed by atoms with Crippen LogP contribution in [0.25, 0.3) is 83.9 Å². The first kappa shape index (κ1) is 28.6. The highest BCUT2D eigenvalue weighted by Crippen LogP contribution is 2.39. The first-order valence-electron chi connectivity index (χ1n) is 16.5. The SMILES string of the molecule is c1ccc(-c2ccc(-c3nc(-c4ccccc4)nc(-c4cccc(-c5cccc6c5c5ccccc5n6-c5ccccc5)c4)n3)cc2)cc1. The minimum atomic E-state index is 0.636. The molecule has 0 radical (unpaired) electrons. The predicted molar refractivity (Wildman–Crippen MR) is 201 cm³/mol. The maximum atomic E-state index is 5.07. The van der Waals surface area contributed by atoms with Gasteiger partial charge in [0.25, 0.3) is 0 Å². The zero-order valence-corrected chi connectivity index (χ0v) is 26.6. The lowest BCUT2D eigenvalue weighted by atomic mass is 9.97. The monoisotopic (exact) mass is 626 g/mol. The summed E-state index contributed by atoms with van der Waals surface area (Å²) in [5.74, 6) is 1.92. The van der Waals surface area contributed by atoms with E-state index in [4.69, 9.17) is 15.0 Å². The van der Waals surface area contributed by atoms with Gasteiger partial charge < -0.3 is 4.57 Å². The Hall–Kier alpha value is -6.65. The van der Waals surface area contributed by atoms with Gasteiger partial charge in [-0.3, -0.25) is 0 Å². The highest BCUT2D eigenvalue weighted by Gasteiger charge is 2.17. The van der Waals surface area contributed by atoms with Crippen LogP contribution in [0, 0.1) is 0 Å². The third kappa shape index (κ3) is 5.26. The highest BCUT2D eigenvalue weighted by molar-refractivity contribution is 6.15. The van der Waals surface area contributed by atoms with Gasteiger partial charge in [-0.15, -0.1) is 0 Å². The van der Waals surface area contributed by atoms with Gasteiger partial charge in [0.1, 0.15) is 0 Å². The van der Waals surface area contributed by atoms with Crippen LogP contribution in [0.1, 0.15) is 0 Å². The van der Waals surface area contributed by atoms with Crippen molar-refractivity contribution in [2.45, 2.75) is 0 Å². The van der Waals surface area contributed by atoms with Crippen LogP contribution in [-0.4, -0.2) is 19.5 Å². The Bertz CT molecular complexity index is 2570. The lowest BCUT2D eigenvalue weighted by molar-refractivity contribution is 1.07. The molecule has 0 aliphatic carbocycles. The van der Waals surface area contributed by atoms with E-state index in [1.807, 2.05) is 36.4 Å². The molecule has 0 saturated carbocycles. The summed E-state index contributed by atoms with van der Waals surface area (Å²) in [5.41, 5.74) is 10.9. The number of rotatable bonds is 6. The van der Waals surface area contributed by atoms with Gasteiger partial charge >= 0.3 is 0 Å². The fraction of sp³-hybridized carbons (Fsp3) is 0. The number of nitrogens with zero attached hydrogens (tertiary/aromatic N) is 4. The quantitative estimate of drug-likeness (QED) is 0.184. The summed E-state index contributed by atoms with van der Waals surface area (Å²) in [7, 11) is 0. The fourth-order valence-electron chi connectivity index (χ4n) is 6.73. The Morgan fingerprint density at radius 3 is 1.51 bits per heavy atom. The zero-order valence-electron chi connectivity index (χ0n) is 26.6. The van der Waals surface area contributed by atoms with Gasteiger partial charge in [0.2, 0.25) is 0 Å². The van der Waals surface area contributed by atoms with Crippen LogP contribution in [0.3, 0.4) is 0 Å². The van der Waals surface area contributed by atoms with E-state index >= 15 is 0 Å². The molecule has 230 valence electrons. The molecule has 0 N–H and O–H groups in total. The molecule has 7 aromatic carbocycles. The molecule has 9 rings (SSSR count). The molecular weight excluding hydrogens is 597 g/mol. The average Bonchev–Trinajstić information content (AvgIpc) is 3.53. The van der Waals surface area contributed by atoms with Crippen molar-refractivity contribution < 1.29 is 0 Å². The summed E-state index contributed by atoms with van der Waals surface area (Å²) in [6.45, 7) is 0. The van der Waals surface area contributed by atoms with Crippen molar-refractivity contribution in [3.05, 3.63) is 182 Å². The van der Waals surface area contributed by atoms with Crippen LogP contribution in [0.2, 0.25) is 0 Å². The second-order valence-corrected chi connectivity index (χ2v) is 12.1. The van der Waals surface area contributed by atoms with E-state index < -0.39 is 0 Å². The minimum absolute atomic E-state index is 0.636. The first-order chi connectivity index (χ1) is 24.3. The molecular formula is C45H30N4. The van der Waals surface area contributed by atoms with E-state index in [1.165, 1.54) is 32.9 Å². The van der Waals surface area contributed by atoms with Crippen molar-refractivity contribution in [3.63, 3.8) is 0 Å². The first-order valence-corrected chi connectivity index (χ1v) is 16.5. The van der Waals surface area contributed by atoms with Gasteiger partial charge in [-0.2, -0.15) is 0 Å². The molecule has 0 amide bonds. The van der Waals surface area contributed by atoms with Crippen LogP contribution in [0.5, 0.6) is 0 Å². The van der Waals surface area contributed by atoms with Gasteiger partial charge in [0, 0.05) is 33.2 Å². The summed E-state index contributed by atoms with van der Waals surface area (Å²) in [4.78, 5) is 15.1. The normalized spacial score (nSPS) is 11.3. The molecule has 0 bridgehead atoms. The third-order valence-electron chi connectivity index (χ3n) is 9.06. The second-order valence-electron chi connectivity index (χ2n) is 12.1. The lowest BCUT2D eigenvalue weighted by Gasteiger charge is -2.11. The van der Waals surface area contributed by atoms with E-state index in [9.17, 15) is 0 Å². The molecule has 2 heterocycles. The average molecular weight is 627 g/mol. The minimum Gasteiger partial charge on any atom is -0.309 e. The molecule has 9 aromatic rings. The summed E-state index contributed by atoms with van der Waals surface area (Å²) in [6.07, 6.45) is 0. The van der Waals surface area contributed by atoms with Gasteiger partial charge in [-0.25, -0.2) is 15.0 Å². The highest BCUT2D eigenvalue weighted by atomic mass is 15.0. The molecule has 0 aliphatic heterocycles. The Labute approximate surface area is 284 Å². The number of benzene rings is 7. The molecule has 4 nitrogen and oxygen atoms in total. The van der Waals surface area contributed by atoms with Crippen molar-refractivity contribution >= 4 is 21.8 Å². The molecule has 0 atom stereocenters. The van der Waals surface area contributed by atoms with E-state index in [0.717, 1.165) is 33.5 Å². The topological polar surface area (TPSA) is 43.6 Å². The van der Waals surface area contributed by atoms with Crippen LogP contribution in [0.15, 0.2) is 182 Å². The molecule has 0 aliphatic rings. The summed E-state index contributed by atoms with van der Waals surface area (Å²) in [5, 5.41) is 2.44. The second kappa shape index (κ2) is 12.2. The van der Waals surface area contributed by atoms with Gasteiger partial charge in [-0.1, -0.05) is 152 Å². The standard InChI is InChI=1S/C45H30N4/c1-4-14-31(15-5-1)32-26-28-34(29-27-32)44-46-43(33-16-6-2-7-17-33)47-45(48-44)36-19-12-18-35(30-36)38-23-13-25-41-42(38)39-22-10-11-24-40(39)49(41)37-20-8-3-9-21-37/h1-30H. The van der Waals surface area contributed by atoms with Crippen molar-refractivity contribution in [1.29, 1.82) is 0 Å². The zero-order chi connectivity index (χ0) is 32.6. The lowest BCUT2D eigenvalue weighted by Crippen LogP contribution is -2.00. The number of para-hydroxylation sites is 2.